The number of carbonyl (C=O) groups is 2. The van der Waals surface area contributed by atoms with Crippen molar-refractivity contribution in [3.8, 4) is 5.75 Å². The van der Waals surface area contributed by atoms with Gasteiger partial charge in [0.25, 0.3) is 5.91 Å². The summed E-state index contributed by atoms with van der Waals surface area (Å²) in [5, 5.41) is 15.1. The number of hydrogen-bond donors (Lipinski definition) is 3. The standard InChI is InChI=1S/C17H17FN4O3/c18-11-3-5-12(6-4-11)20-17(25)21-13-7-9-22(10-13)16(24)15-14(23)2-1-8-19-15/h1-6,8,13,23H,7,9-10H2,(H2,20,21,25). The number of amides is 3. The molecule has 130 valence electrons. The summed E-state index contributed by atoms with van der Waals surface area (Å²) < 4.78 is 12.9. The van der Waals surface area contributed by atoms with Crippen LogP contribution >= 0.6 is 0 Å². The van der Waals surface area contributed by atoms with Crippen molar-refractivity contribution in [1.82, 2.24) is 15.2 Å². The number of urea groups is 1. The SMILES string of the molecule is O=C(Nc1ccc(F)cc1)NC1CCN(C(=O)c2ncccc2O)C1. The van der Waals surface area contributed by atoms with E-state index in [2.05, 4.69) is 15.6 Å². The molecule has 0 radical (unpaired) electrons. The summed E-state index contributed by atoms with van der Waals surface area (Å²) >= 11 is 0. The second-order valence-corrected chi connectivity index (χ2v) is 5.71. The van der Waals surface area contributed by atoms with Crippen LogP contribution in [-0.2, 0) is 0 Å². The first kappa shape index (κ1) is 16.7. The van der Waals surface area contributed by atoms with Crippen molar-refractivity contribution in [1.29, 1.82) is 0 Å². The van der Waals surface area contributed by atoms with Crippen molar-refractivity contribution in [2.45, 2.75) is 12.5 Å². The number of anilines is 1. The van der Waals surface area contributed by atoms with Gasteiger partial charge in [-0.15, -0.1) is 0 Å². The van der Waals surface area contributed by atoms with Gasteiger partial charge in [-0.2, -0.15) is 0 Å². The first-order valence-corrected chi connectivity index (χ1v) is 7.79. The Morgan fingerprint density at radius 1 is 1.24 bits per heavy atom. The van der Waals surface area contributed by atoms with Crippen LogP contribution in [0.15, 0.2) is 42.6 Å². The van der Waals surface area contributed by atoms with E-state index in [9.17, 15) is 19.1 Å². The molecule has 3 amide bonds. The van der Waals surface area contributed by atoms with Crippen LogP contribution in [0.25, 0.3) is 0 Å². The lowest BCUT2D eigenvalue weighted by Gasteiger charge is -2.17. The Morgan fingerprint density at radius 2 is 2.00 bits per heavy atom. The number of halogens is 1. The van der Waals surface area contributed by atoms with Gasteiger partial charge in [0.05, 0.1) is 0 Å². The summed E-state index contributed by atoms with van der Waals surface area (Å²) in [6, 6.07) is 7.74. The zero-order valence-electron chi connectivity index (χ0n) is 13.3. The molecule has 2 aromatic rings. The number of aromatic hydroxyl groups is 1. The molecule has 1 aliphatic heterocycles. The van der Waals surface area contributed by atoms with Gasteiger partial charge < -0.3 is 20.6 Å². The third-order valence-electron chi connectivity index (χ3n) is 3.90. The molecule has 1 aliphatic rings. The molecular weight excluding hydrogens is 327 g/mol. The summed E-state index contributed by atoms with van der Waals surface area (Å²) in [6.07, 6.45) is 2.03. The molecule has 1 aromatic heterocycles. The maximum Gasteiger partial charge on any atom is 0.319 e. The number of aromatic nitrogens is 1. The highest BCUT2D eigenvalue weighted by atomic mass is 19.1. The lowest BCUT2D eigenvalue weighted by molar-refractivity contribution is 0.0780. The average Bonchev–Trinajstić information content (AvgIpc) is 3.05. The van der Waals surface area contributed by atoms with Gasteiger partial charge >= 0.3 is 6.03 Å². The molecule has 7 nitrogen and oxygen atoms in total. The van der Waals surface area contributed by atoms with Crippen molar-refractivity contribution >= 4 is 17.6 Å². The van der Waals surface area contributed by atoms with Crippen molar-refractivity contribution in [3.05, 3.63) is 54.1 Å². The van der Waals surface area contributed by atoms with E-state index in [4.69, 9.17) is 0 Å². The molecule has 0 bridgehead atoms. The summed E-state index contributed by atoms with van der Waals surface area (Å²) in [5.41, 5.74) is 0.474. The van der Waals surface area contributed by atoms with Gasteiger partial charge in [-0.3, -0.25) is 4.79 Å². The maximum absolute atomic E-state index is 12.9. The minimum absolute atomic E-state index is 0.00101. The molecule has 3 N–H and O–H groups in total. The molecule has 0 spiro atoms. The molecule has 3 rings (SSSR count). The molecule has 25 heavy (non-hydrogen) atoms. The predicted molar refractivity (Wildman–Crippen MR) is 88.8 cm³/mol. The third kappa shape index (κ3) is 4.03. The lowest BCUT2D eigenvalue weighted by atomic mass is 10.2. The number of hydrogen-bond acceptors (Lipinski definition) is 4. The van der Waals surface area contributed by atoms with E-state index in [1.807, 2.05) is 0 Å². The van der Waals surface area contributed by atoms with E-state index in [1.165, 1.54) is 41.4 Å². The fourth-order valence-corrected chi connectivity index (χ4v) is 2.66. The van der Waals surface area contributed by atoms with Crippen LogP contribution in [0, 0.1) is 5.82 Å². The predicted octanol–water partition coefficient (Wildman–Crippen LogP) is 1.96. The molecule has 0 saturated carbocycles. The van der Waals surface area contributed by atoms with Gasteiger partial charge in [0.15, 0.2) is 5.69 Å². The van der Waals surface area contributed by atoms with Crippen molar-refractivity contribution in [2.75, 3.05) is 18.4 Å². The fraction of sp³-hybridized carbons (Fsp3) is 0.235. The molecule has 1 atom stereocenters. The Morgan fingerprint density at radius 3 is 2.72 bits per heavy atom. The van der Waals surface area contributed by atoms with Crippen LogP contribution < -0.4 is 10.6 Å². The van der Waals surface area contributed by atoms with Crippen LogP contribution in [0.3, 0.4) is 0 Å². The molecule has 2 heterocycles. The average molecular weight is 344 g/mol. The van der Waals surface area contributed by atoms with E-state index >= 15 is 0 Å². The van der Waals surface area contributed by atoms with Gasteiger partial charge in [-0.05, 0) is 42.8 Å². The van der Waals surface area contributed by atoms with Gasteiger partial charge in [0.1, 0.15) is 11.6 Å². The quantitative estimate of drug-likeness (QED) is 0.793. The zero-order chi connectivity index (χ0) is 17.8. The molecule has 0 aliphatic carbocycles. The van der Waals surface area contributed by atoms with Gasteiger partial charge in [0.2, 0.25) is 0 Å². The molecule has 1 aromatic carbocycles. The van der Waals surface area contributed by atoms with Crippen molar-refractivity contribution in [2.24, 2.45) is 0 Å². The Balaban J connectivity index is 1.54. The number of nitrogens with zero attached hydrogens (tertiary/aromatic N) is 2. The lowest BCUT2D eigenvalue weighted by Crippen LogP contribution is -2.40. The minimum Gasteiger partial charge on any atom is -0.505 e. The Kier molecular flexibility index (Phi) is 4.78. The Bertz CT molecular complexity index is 782. The van der Waals surface area contributed by atoms with Crippen LogP contribution in [0.1, 0.15) is 16.9 Å². The van der Waals surface area contributed by atoms with Crippen LogP contribution in [0.5, 0.6) is 5.75 Å². The number of rotatable bonds is 3. The number of carbonyl (C=O) groups excluding carboxylic acids is 2. The van der Waals surface area contributed by atoms with Crippen LogP contribution in [0.4, 0.5) is 14.9 Å². The zero-order valence-corrected chi connectivity index (χ0v) is 13.3. The Labute approximate surface area is 143 Å². The number of likely N-dealkylation sites (tertiary alicyclic amines) is 1. The molecular formula is C17H17FN4O3. The Hall–Kier alpha value is -3.16. The van der Waals surface area contributed by atoms with E-state index in [-0.39, 0.29) is 29.2 Å². The largest absolute Gasteiger partial charge is 0.505 e. The highest BCUT2D eigenvalue weighted by Gasteiger charge is 2.29. The van der Waals surface area contributed by atoms with Crippen LogP contribution in [-0.4, -0.2) is 46.1 Å². The van der Waals surface area contributed by atoms with E-state index in [1.54, 1.807) is 6.07 Å². The van der Waals surface area contributed by atoms with Crippen molar-refractivity contribution in [3.63, 3.8) is 0 Å². The second-order valence-electron chi connectivity index (χ2n) is 5.71. The maximum atomic E-state index is 12.9. The summed E-state index contributed by atoms with van der Waals surface area (Å²) in [6.45, 7) is 0.780. The second kappa shape index (κ2) is 7.16. The van der Waals surface area contributed by atoms with Gasteiger partial charge in [-0.1, -0.05) is 0 Å². The summed E-state index contributed by atoms with van der Waals surface area (Å²) in [7, 11) is 0. The molecule has 1 unspecified atom stereocenters. The summed E-state index contributed by atoms with van der Waals surface area (Å²) in [5.74, 6) is -0.923. The molecule has 1 saturated heterocycles. The molecule has 8 heteroatoms. The first-order valence-electron chi connectivity index (χ1n) is 7.79. The monoisotopic (exact) mass is 344 g/mol. The highest BCUT2D eigenvalue weighted by Crippen LogP contribution is 2.19. The smallest absolute Gasteiger partial charge is 0.319 e. The van der Waals surface area contributed by atoms with E-state index in [0.29, 0.717) is 25.2 Å². The normalized spacial score (nSPS) is 16.5. The van der Waals surface area contributed by atoms with E-state index in [0.717, 1.165) is 0 Å². The number of pyridine rings is 1. The van der Waals surface area contributed by atoms with Crippen LogP contribution in [0.2, 0.25) is 0 Å². The first-order chi connectivity index (χ1) is 12.0. The molecule has 1 fully saturated rings. The van der Waals surface area contributed by atoms with Gasteiger partial charge in [-0.25, -0.2) is 14.2 Å². The highest BCUT2D eigenvalue weighted by molar-refractivity contribution is 5.95. The van der Waals surface area contributed by atoms with E-state index < -0.39 is 6.03 Å². The van der Waals surface area contributed by atoms with Gasteiger partial charge in [0, 0.05) is 31.0 Å². The number of benzene rings is 1. The fourth-order valence-electron chi connectivity index (χ4n) is 2.66. The number of nitrogens with one attached hydrogen (secondary N) is 2. The van der Waals surface area contributed by atoms with Crippen molar-refractivity contribution < 1.29 is 19.1 Å². The topological polar surface area (TPSA) is 94.6 Å². The third-order valence-corrected chi connectivity index (χ3v) is 3.90. The summed E-state index contributed by atoms with van der Waals surface area (Å²) in [4.78, 5) is 29.8. The minimum atomic E-state index is -0.424.